The van der Waals surface area contributed by atoms with E-state index in [4.69, 9.17) is 0 Å². The number of nitrogens with zero attached hydrogens (tertiary/aromatic N) is 2. The highest BCUT2D eigenvalue weighted by molar-refractivity contribution is 7.80. The normalized spacial score (nSPS) is 15.8. The summed E-state index contributed by atoms with van der Waals surface area (Å²) in [6.45, 7) is 3.60. The monoisotopic (exact) mass is 393 g/mol. The van der Waals surface area contributed by atoms with Crippen molar-refractivity contribution in [3.63, 3.8) is 0 Å². The highest BCUT2D eigenvalue weighted by Crippen LogP contribution is 2.36. The third-order valence-electron chi connectivity index (χ3n) is 6.06. The van der Waals surface area contributed by atoms with E-state index in [1.165, 1.54) is 75.6 Å². The highest BCUT2D eigenvalue weighted by atomic mass is 32.1. The molecule has 1 aromatic carbocycles. The molecular weight excluding hydrogens is 360 g/mol. The SMILES string of the molecule is SCCCCCC[n+]1ccc(/C=C/c2cc3c4c(c2)CCCN4CCC3)cc1. The summed E-state index contributed by atoms with van der Waals surface area (Å²) in [7, 11) is 0. The van der Waals surface area contributed by atoms with Gasteiger partial charge in [0.15, 0.2) is 12.4 Å². The molecule has 148 valence electrons. The Morgan fingerprint density at radius 1 is 0.857 bits per heavy atom. The minimum atomic E-state index is 1.01. The third-order valence-corrected chi connectivity index (χ3v) is 6.38. The number of benzene rings is 1. The first-order valence-electron chi connectivity index (χ1n) is 11.0. The quantitative estimate of drug-likeness (QED) is 0.361. The zero-order valence-electron chi connectivity index (χ0n) is 16.9. The average molecular weight is 394 g/mol. The number of thiol groups is 1. The molecule has 3 heterocycles. The number of pyridine rings is 1. The van der Waals surface area contributed by atoms with Gasteiger partial charge in [0.2, 0.25) is 0 Å². The molecule has 0 N–H and O–H groups in total. The fourth-order valence-corrected chi connectivity index (χ4v) is 4.83. The lowest BCUT2D eigenvalue weighted by Crippen LogP contribution is -2.34. The smallest absolute Gasteiger partial charge is 0.169 e. The van der Waals surface area contributed by atoms with Crippen molar-refractivity contribution in [2.75, 3.05) is 23.7 Å². The van der Waals surface area contributed by atoms with Crippen molar-refractivity contribution in [3.05, 3.63) is 58.9 Å². The van der Waals surface area contributed by atoms with E-state index < -0.39 is 0 Å². The van der Waals surface area contributed by atoms with Gasteiger partial charge in [0, 0.05) is 37.3 Å². The van der Waals surface area contributed by atoms with Gasteiger partial charge in [0.1, 0.15) is 6.54 Å². The van der Waals surface area contributed by atoms with Crippen LogP contribution in [0.25, 0.3) is 12.2 Å². The number of hydrogen-bond donors (Lipinski definition) is 1. The summed E-state index contributed by atoms with van der Waals surface area (Å²) in [5.41, 5.74) is 7.32. The van der Waals surface area contributed by atoms with Gasteiger partial charge in [-0.2, -0.15) is 12.6 Å². The van der Waals surface area contributed by atoms with E-state index in [0.29, 0.717) is 0 Å². The Kier molecular flexibility index (Phi) is 6.74. The van der Waals surface area contributed by atoms with Crippen molar-refractivity contribution >= 4 is 30.5 Å². The standard InChI is InChI=1S/C25H32N2S/c28-18-4-2-1-3-13-26-16-11-21(12-17-26)9-10-22-19-23-7-5-14-27-15-6-8-24(20-22)25(23)27/h9-12,16-17,19-20H,1-8,13-15,18H2/p+1. The molecule has 1 aromatic heterocycles. The van der Waals surface area contributed by atoms with Crippen molar-refractivity contribution in [2.24, 2.45) is 0 Å². The van der Waals surface area contributed by atoms with Gasteiger partial charge in [0.05, 0.1) is 0 Å². The lowest BCUT2D eigenvalue weighted by atomic mass is 9.90. The second-order valence-corrected chi connectivity index (χ2v) is 8.67. The number of aromatic nitrogens is 1. The zero-order chi connectivity index (χ0) is 19.2. The lowest BCUT2D eigenvalue weighted by molar-refractivity contribution is -0.697. The van der Waals surface area contributed by atoms with Crippen molar-refractivity contribution < 1.29 is 4.57 Å². The summed E-state index contributed by atoms with van der Waals surface area (Å²) < 4.78 is 2.30. The summed E-state index contributed by atoms with van der Waals surface area (Å²) in [6.07, 6.45) is 19.1. The molecule has 0 bridgehead atoms. The van der Waals surface area contributed by atoms with E-state index in [1.807, 2.05) is 0 Å². The predicted octanol–water partition coefficient (Wildman–Crippen LogP) is 5.33. The minimum Gasteiger partial charge on any atom is -0.371 e. The van der Waals surface area contributed by atoms with Gasteiger partial charge in [0.25, 0.3) is 0 Å². The summed E-state index contributed by atoms with van der Waals surface area (Å²) in [5, 5.41) is 0. The van der Waals surface area contributed by atoms with Crippen molar-refractivity contribution in [1.29, 1.82) is 0 Å². The molecule has 4 rings (SSSR count). The van der Waals surface area contributed by atoms with Crippen LogP contribution in [0.15, 0.2) is 36.7 Å². The van der Waals surface area contributed by atoms with E-state index in [-0.39, 0.29) is 0 Å². The molecule has 2 nitrogen and oxygen atoms in total. The Morgan fingerprint density at radius 3 is 2.18 bits per heavy atom. The molecule has 0 unspecified atom stereocenters. The van der Waals surface area contributed by atoms with E-state index in [9.17, 15) is 0 Å². The highest BCUT2D eigenvalue weighted by Gasteiger charge is 2.23. The first kappa shape index (κ1) is 19.6. The second-order valence-electron chi connectivity index (χ2n) is 8.22. The Hall–Kier alpha value is -1.74. The molecule has 3 heteroatoms. The summed E-state index contributed by atoms with van der Waals surface area (Å²) >= 11 is 4.28. The van der Waals surface area contributed by atoms with E-state index >= 15 is 0 Å². The van der Waals surface area contributed by atoms with Gasteiger partial charge in [-0.15, -0.1) is 0 Å². The van der Waals surface area contributed by atoms with Crippen LogP contribution in [0.5, 0.6) is 0 Å². The minimum absolute atomic E-state index is 1.01. The molecule has 0 atom stereocenters. The van der Waals surface area contributed by atoms with Gasteiger partial charge in [-0.05, 0) is 78.7 Å². The fourth-order valence-electron chi connectivity index (χ4n) is 4.61. The van der Waals surface area contributed by atoms with E-state index in [0.717, 1.165) is 12.3 Å². The molecule has 0 fully saturated rings. The second kappa shape index (κ2) is 9.65. The Labute approximate surface area is 175 Å². The maximum Gasteiger partial charge on any atom is 0.169 e. The van der Waals surface area contributed by atoms with Gasteiger partial charge in [-0.1, -0.05) is 18.6 Å². The maximum atomic E-state index is 4.28. The molecule has 2 aliphatic rings. The van der Waals surface area contributed by atoms with Crippen LogP contribution >= 0.6 is 12.6 Å². The Balaban J connectivity index is 1.39. The third kappa shape index (κ3) is 4.81. The van der Waals surface area contributed by atoms with Gasteiger partial charge in [-0.3, -0.25) is 0 Å². The number of anilines is 1. The molecule has 0 saturated carbocycles. The molecular formula is C25H33N2S+. The summed E-state index contributed by atoms with van der Waals surface area (Å²) in [6, 6.07) is 9.30. The van der Waals surface area contributed by atoms with Crippen molar-refractivity contribution in [2.45, 2.75) is 57.9 Å². The Morgan fingerprint density at radius 2 is 1.50 bits per heavy atom. The lowest BCUT2D eigenvalue weighted by Gasteiger charge is -2.37. The summed E-state index contributed by atoms with van der Waals surface area (Å²) in [4.78, 5) is 2.61. The first-order valence-corrected chi connectivity index (χ1v) is 11.7. The first-order chi connectivity index (χ1) is 13.8. The molecule has 0 spiro atoms. The number of unbranched alkanes of at least 4 members (excludes halogenated alkanes) is 3. The molecule has 28 heavy (non-hydrogen) atoms. The van der Waals surface area contributed by atoms with Crippen LogP contribution in [0.3, 0.4) is 0 Å². The summed E-state index contributed by atoms with van der Waals surface area (Å²) in [5.74, 6) is 1.01. The van der Waals surface area contributed by atoms with Crippen LogP contribution in [-0.4, -0.2) is 18.8 Å². The molecule has 0 saturated heterocycles. The van der Waals surface area contributed by atoms with E-state index in [1.54, 1.807) is 16.8 Å². The molecule has 0 radical (unpaired) electrons. The van der Waals surface area contributed by atoms with E-state index in [2.05, 4.69) is 70.9 Å². The van der Waals surface area contributed by atoms with Crippen LogP contribution in [0.2, 0.25) is 0 Å². The van der Waals surface area contributed by atoms with Gasteiger partial charge < -0.3 is 4.90 Å². The topological polar surface area (TPSA) is 7.12 Å². The average Bonchev–Trinajstić information content (AvgIpc) is 2.73. The number of aryl methyl sites for hydroxylation is 3. The van der Waals surface area contributed by atoms with Crippen molar-refractivity contribution in [3.8, 4) is 0 Å². The molecule has 2 aromatic rings. The maximum absolute atomic E-state index is 4.28. The predicted molar refractivity (Wildman–Crippen MR) is 123 cm³/mol. The van der Waals surface area contributed by atoms with Crippen LogP contribution in [0.4, 0.5) is 5.69 Å². The van der Waals surface area contributed by atoms with Crippen LogP contribution in [-0.2, 0) is 19.4 Å². The van der Waals surface area contributed by atoms with Gasteiger partial charge >= 0.3 is 0 Å². The van der Waals surface area contributed by atoms with Crippen LogP contribution in [0, 0.1) is 0 Å². The largest absolute Gasteiger partial charge is 0.371 e. The zero-order valence-corrected chi connectivity index (χ0v) is 17.8. The van der Waals surface area contributed by atoms with Crippen molar-refractivity contribution in [1.82, 2.24) is 0 Å². The molecule has 2 aliphatic heterocycles. The van der Waals surface area contributed by atoms with Gasteiger partial charge in [-0.25, -0.2) is 4.57 Å². The van der Waals surface area contributed by atoms with Crippen LogP contribution in [0.1, 0.15) is 60.8 Å². The number of rotatable bonds is 8. The number of hydrogen-bond acceptors (Lipinski definition) is 2. The molecule has 0 aliphatic carbocycles. The van der Waals surface area contributed by atoms with Crippen LogP contribution < -0.4 is 9.47 Å². The Bertz CT molecular complexity index is 779. The fraction of sp³-hybridized carbons (Fsp3) is 0.480. The molecule has 0 amide bonds.